The first-order valence-electron chi connectivity index (χ1n) is 5.11. The Morgan fingerprint density at radius 3 is 2.43 bits per heavy atom. The van der Waals surface area contributed by atoms with Gasteiger partial charge in [0.05, 0.1) is 12.4 Å². The van der Waals surface area contributed by atoms with Crippen LogP contribution in [0.25, 0.3) is 0 Å². The molecule has 0 fully saturated rings. The van der Waals surface area contributed by atoms with Crippen molar-refractivity contribution in [3.8, 4) is 0 Å². The maximum Gasteiger partial charge on any atom is 0.151 e. The summed E-state index contributed by atoms with van der Waals surface area (Å²) >= 11 is 0. The number of hydrogen-bond donors (Lipinski definition) is 1. The van der Waals surface area contributed by atoms with Gasteiger partial charge in [0, 0.05) is 25.4 Å². The summed E-state index contributed by atoms with van der Waals surface area (Å²) in [6, 6.07) is 0. The lowest BCUT2D eigenvalue weighted by Crippen LogP contribution is -2.27. The maximum atomic E-state index is 11.1. The Balaban J connectivity index is 3.22. The van der Waals surface area contributed by atoms with Crippen LogP contribution in [0.15, 0.2) is 0 Å². The Labute approximate surface area is 86.9 Å². The maximum absolute atomic E-state index is 11.1. The Hall–Kier alpha value is -0.130. The summed E-state index contributed by atoms with van der Waals surface area (Å²) in [4.78, 5) is 0. The van der Waals surface area contributed by atoms with Crippen LogP contribution in [0.1, 0.15) is 20.3 Å². The standard InChI is InChI=1S/C9H21NO3S/c1-3-7-13-8-5-10-6-9-14(11,12)4-2/h10H,3-9H2,1-2H3. The van der Waals surface area contributed by atoms with E-state index in [1.165, 1.54) is 0 Å². The minimum absolute atomic E-state index is 0.220. The van der Waals surface area contributed by atoms with Crippen molar-refractivity contribution < 1.29 is 13.2 Å². The summed E-state index contributed by atoms with van der Waals surface area (Å²) in [5, 5.41) is 3.03. The largest absolute Gasteiger partial charge is 0.380 e. The highest BCUT2D eigenvalue weighted by Gasteiger charge is 2.05. The summed E-state index contributed by atoms with van der Waals surface area (Å²) in [6.45, 7) is 6.39. The Bertz CT molecular complexity index is 214. The molecule has 4 nitrogen and oxygen atoms in total. The monoisotopic (exact) mass is 223 g/mol. The number of rotatable bonds is 9. The van der Waals surface area contributed by atoms with Crippen molar-refractivity contribution in [1.29, 1.82) is 0 Å². The van der Waals surface area contributed by atoms with Crippen LogP contribution >= 0.6 is 0 Å². The van der Waals surface area contributed by atoms with Gasteiger partial charge in [-0.1, -0.05) is 13.8 Å². The minimum atomic E-state index is -2.82. The molecule has 0 radical (unpaired) electrons. The quantitative estimate of drug-likeness (QED) is 0.576. The molecule has 0 amide bonds. The van der Waals surface area contributed by atoms with Crippen molar-refractivity contribution in [3.63, 3.8) is 0 Å². The van der Waals surface area contributed by atoms with Crippen molar-refractivity contribution in [3.05, 3.63) is 0 Å². The topological polar surface area (TPSA) is 55.4 Å². The van der Waals surface area contributed by atoms with Crippen LogP contribution in [0.2, 0.25) is 0 Å². The van der Waals surface area contributed by atoms with Crippen LogP contribution < -0.4 is 5.32 Å². The predicted molar refractivity (Wildman–Crippen MR) is 58.3 cm³/mol. The summed E-state index contributed by atoms with van der Waals surface area (Å²) in [5.74, 6) is 0.443. The molecule has 0 aliphatic rings. The zero-order valence-corrected chi connectivity index (χ0v) is 9.90. The molecule has 0 aliphatic carbocycles. The summed E-state index contributed by atoms with van der Waals surface area (Å²) < 4.78 is 27.4. The predicted octanol–water partition coefficient (Wildman–Crippen LogP) is 0.437. The highest BCUT2D eigenvalue weighted by molar-refractivity contribution is 7.91. The van der Waals surface area contributed by atoms with E-state index in [1.807, 2.05) is 0 Å². The van der Waals surface area contributed by atoms with Crippen molar-refractivity contribution >= 4 is 9.84 Å². The van der Waals surface area contributed by atoms with Gasteiger partial charge in [0.2, 0.25) is 0 Å². The fourth-order valence-electron chi connectivity index (χ4n) is 0.888. The van der Waals surface area contributed by atoms with Crippen LogP contribution in [0.4, 0.5) is 0 Å². The average Bonchev–Trinajstić information content (AvgIpc) is 2.16. The van der Waals surface area contributed by atoms with Gasteiger partial charge in [-0.2, -0.15) is 0 Å². The molecule has 0 spiro atoms. The van der Waals surface area contributed by atoms with E-state index < -0.39 is 9.84 Å². The number of hydrogen-bond acceptors (Lipinski definition) is 4. The molecular formula is C9H21NO3S. The van der Waals surface area contributed by atoms with Crippen LogP contribution in [0.3, 0.4) is 0 Å². The molecule has 1 N–H and O–H groups in total. The number of nitrogens with one attached hydrogen (secondary N) is 1. The van der Waals surface area contributed by atoms with Gasteiger partial charge in [-0.3, -0.25) is 0 Å². The molecular weight excluding hydrogens is 202 g/mol. The van der Waals surface area contributed by atoms with E-state index in [0.717, 1.165) is 19.6 Å². The minimum Gasteiger partial charge on any atom is -0.380 e. The molecule has 0 saturated carbocycles. The highest BCUT2D eigenvalue weighted by atomic mass is 32.2. The van der Waals surface area contributed by atoms with E-state index in [4.69, 9.17) is 4.74 Å². The van der Waals surface area contributed by atoms with Gasteiger partial charge in [0.15, 0.2) is 9.84 Å². The van der Waals surface area contributed by atoms with E-state index in [-0.39, 0.29) is 11.5 Å². The lowest BCUT2D eigenvalue weighted by molar-refractivity contribution is 0.137. The van der Waals surface area contributed by atoms with Gasteiger partial charge in [0.25, 0.3) is 0 Å². The van der Waals surface area contributed by atoms with Crippen molar-refractivity contribution in [2.24, 2.45) is 0 Å². The fourth-order valence-corrected chi connectivity index (χ4v) is 1.63. The van der Waals surface area contributed by atoms with Gasteiger partial charge in [0.1, 0.15) is 0 Å². The molecule has 0 saturated heterocycles. The fraction of sp³-hybridized carbons (Fsp3) is 1.00. The highest BCUT2D eigenvalue weighted by Crippen LogP contribution is 1.86. The van der Waals surface area contributed by atoms with E-state index >= 15 is 0 Å². The first kappa shape index (κ1) is 13.9. The lowest BCUT2D eigenvalue weighted by Gasteiger charge is -2.05. The molecule has 0 aromatic rings. The lowest BCUT2D eigenvalue weighted by atomic mass is 10.5. The Morgan fingerprint density at radius 2 is 1.86 bits per heavy atom. The second-order valence-electron chi connectivity index (χ2n) is 3.10. The van der Waals surface area contributed by atoms with Gasteiger partial charge in [-0.15, -0.1) is 0 Å². The molecule has 0 bridgehead atoms. The molecule has 14 heavy (non-hydrogen) atoms. The van der Waals surface area contributed by atoms with Crippen LogP contribution in [-0.4, -0.2) is 46.2 Å². The third-order valence-electron chi connectivity index (χ3n) is 1.80. The van der Waals surface area contributed by atoms with Gasteiger partial charge < -0.3 is 10.1 Å². The first-order valence-corrected chi connectivity index (χ1v) is 6.93. The van der Waals surface area contributed by atoms with E-state index in [0.29, 0.717) is 13.2 Å². The molecule has 0 rings (SSSR count). The van der Waals surface area contributed by atoms with Crippen LogP contribution in [0, 0.1) is 0 Å². The zero-order valence-electron chi connectivity index (χ0n) is 9.08. The number of sulfone groups is 1. The average molecular weight is 223 g/mol. The first-order chi connectivity index (χ1) is 6.62. The number of ether oxygens (including phenoxy) is 1. The molecule has 0 heterocycles. The van der Waals surface area contributed by atoms with Gasteiger partial charge >= 0.3 is 0 Å². The summed E-state index contributed by atoms with van der Waals surface area (Å²) in [7, 11) is -2.82. The molecule has 0 aliphatic heterocycles. The summed E-state index contributed by atoms with van der Waals surface area (Å²) in [6.07, 6.45) is 1.02. The molecule has 0 atom stereocenters. The molecule has 86 valence electrons. The van der Waals surface area contributed by atoms with Crippen LogP contribution in [0.5, 0.6) is 0 Å². The second kappa shape index (κ2) is 8.20. The SMILES string of the molecule is CCCOCCNCCS(=O)(=O)CC. The van der Waals surface area contributed by atoms with Gasteiger partial charge in [-0.05, 0) is 6.42 Å². The van der Waals surface area contributed by atoms with E-state index in [9.17, 15) is 8.42 Å². The summed E-state index contributed by atoms with van der Waals surface area (Å²) in [5.41, 5.74) is 0. The Kier molecular flexibility index (Phi) is 8.12. The molecule has 0 aromatic heterocycles. The van der Waals surface area contributed by atoms with Crippen LogP contribution in [-0.2, 0) is 14.6 Å². The normalized spacial score (nSPS) is 11.9. The zero-order chi connectivity index (χ0) is 10.9. The van der Waals surface area contributed by atoms with E-state index in [2.05, 4.69) is 12.2 Å². The van der Waals surface area contributed by atoms with Gasteiger partial charge in [-0.25, -0.2) is 8.42 Å². The van der Waals surface area contributed by atoms with Crippen molar-refractivity contribution in [2.75, 3.05) is 37.8 Å². The molecule has 0 unspecified atom stereocenters. The smallest absolute Gasteiger partial charge is 0.151 e. The van der Waals surface area contributed by atoms with Crippen molar-refractivity contribution in [1.82, 2.24) is 5.32 Å². The van der Waals surface area contributed by atoms with Crippen molar-refractivity contribution in [2.45, 2.75) is 20.3 Å². The van der Waals surface area contributed by atoms with E-state index in [1.54, 1.807) is 6.92 Å². The molecule has 0 aromatic carbocycles. The third kappa shape index (κ3) is 8.47. The molecule has 5 heteroatoms. The Morgan fingerprint density at radius 1 is 1.14 bits per heavy atom. The second-order valence-corrected chi connectivity index (χ2v) is 5.57. The third-order valence-corrected chi connectivity index (χ3v) is 3.51.